The van der Waals surface area contributed by atoms with Gasteiger partial charge in [0.1, 0.15) is 5.92 Å². The Bertz CT molecular complexity index is 1950. The van der Waals surface area contributed by atoms with Crippen LogP contribution in [0, 0.1) is 5.92 Å². The number of benzene rings is 3. The number of para-hydroxylation sites is 1. The summed E-state index contributed by atoms with van der Waals surface area (Å²) in [4.78, 5) is 47.6. The zero-order valence-corrected chi connectivity index (χ0v) is 25.4. The van der Waals surface area contributed by atoms with Gasteiger partial charge in [-0.1, -0.05) is 72.0 Å². The topological polar surface area (TPSA) is 93.3 Å². The number of anilines is 1. The summed E-state index contributed by atoms with van der Waals surface area (Å²) in [6.07, 6.45) is 3.65. The van der Waals surface area contributed by atoms with Crippen LogP contribution in [0.3, 0.4) is 0 Å². The van der Waals surface area contributed by atoms with E-state index in [0.717, 1.165) is 16.0 Å². The molecule has 1 aromatic heterocycles. The van der Waals surface area contributed by atoms with E-state index in [4.69, 9.17) is 9.73 Å². The summed E-state index contributed by atoms with van der Waals surface area (Å²) in [6, 6.07) is 25.6. The molecule has 8 nitrogen and oxygen atoms in total. The minimum Gasteiger partial charge on any atom is -0.463 e. The molecule has 0 saturated carbocycles. The van der Waals surface area contributed by atoms with Crippen molar-refractivity contribution in [3.63, 3.8) is 0 Å². The van der Waals surface area contributed by atoms with Crippen LogP contribution >= 0.6 is 23.1 Å². The van der Waals surface area contributed by atoms with E-state index in [1.807, 2.05) is 91.2 Å². The first-order chi connectivity index (χ1) is 20.9. The highest BCUT2D eigenvalue weighted by Crippen LogP contribution is 2.35. The molecule has 6 rings (SSSR count). The van der Waals surface area contributed by atoms with Gasteiger partial charge in [0.2, 0.25) is 0 Å². The maximum Gasteiger partial charge on any atom is 0.338 e. The Morgan fingerprint density at radius 3 is 2.33 bits per heavy atom. The summed E-state index contributed by atoms with van der Waals surface area (Å²) in [5, 5.41) is 5.86. The fraction of sp³-hybridized carbons (Fsp3) is 0.182. The first-order valence-corrected chi connectivity index (χ1v) is 15.8. The number of carbonyl (C=O) groups is 2. The van der Waals surface area contributed by atoms with Gasteiger partial charge < -0.3 is 4.74 Å². The average molecular weight is 609 g/mol. The number of hydrogen-bond acceptors (Lipinski definition) is 8. The number of nitrogens with zero attached hydrogens (tertiary/aromatic N) is 4. The fourth-order valence-electron chi connectivity index (χ4n) is 5.23. The Morgan fingerprint density at radius 1 is 1.00 bits per heavy atom. The predicted molar refractivity (Wildman–Crippen MR) is 171 cm³/mol. The monoisotopic (exact) mass is 608 g/mol. The lowest BCUT2D eigenvalue weighted by Crippen LogP contribution is -2.40. The lowest BCUT2D eigenvalue weighted by molar-refractivity contribution is -0.138. The van der Waals surface area contributed by atoms with Gasteiger partial charge in [-0.3, -0.25) is 14.2 Å². The molecule has 4 aromatic rings. The van der Waals surface area contributed by atoms with Crippen LogP contribution < -0.4 is 19.9 Å². The molecule has 43 heavy (non-hydrogen) atoms. The highest BCUT2D eigenvalue weighted by atomic mass is 32.2. The van der Waals surface area contributed by atoms with Gasteiger partial charge in [0.05, 0.1) is 39.9 Å². The summed E-state index contributed by atoms with van der Waals surface area (Å²) in [5.74, 6) is -1.49. The van der Waals surface area contributed by atoms with Crippen LogP contribution in [-0.2, 0) is 14.3 Å². The van der Waals surface area contributed by atoms with Crippen molar-refractivity contribution in [2.75, 3.05) is 17.9 Å². The van der Waals surface area contributed by atoms with Crippen molar-refractivity contribution in [2.45, 2.75) is 24.8 Å². The average Bonchev–Trinajstić information content (AvgIpc) is 3.51. The Labute approximate surface area is 256 Å². The van der Waals surface area contributed by atoms with Crippen molar-refractivity contribution in [3.05, 3.63) is 121 Å². The second kappa shape index (κ2) is 12.0. The van der Waals surface area contributed by atoms with Gasteiger partial charge in [-0.05, 0) is 56.0 Å². The number of carbonyl (C=O) groups excluding carboxylic acids is 2. The zero-order valence-electron chi connectivity index (χ0n) is 23.8. The molecule has 0 aliphatic carbocycles. The number of rotatable bonds is 7. The third kappa shape index (κ3) is 5.28. The molecule has 2 aliphatic rings. The number of aromatic nitrogens is 1. The van der Waals surface area contributed by atoms with Crippen LogP contribution in [-0.4, -0.2) is 35.0 Å². The Kier molecular flexibility index (Phi) is 7.96. The summed E-state index contributed by atoms with van der Waals surface area (Å²) in [6.45, 7) is 3.70. The van der Waals surface area contributed by atoms with Crippen LogP contribution in [0.25, 0.3) is 11.8 Å². The van der Waals surface area contributed by atoms with Crippen LogP contribution in [0.5, 0.6) is 0 Å². The van der Waals surface area contributed by atoms with E-state index in [1.165, 1.54) is 16.3 Å². The molecule has 0 saturated heterocycles. The molecule has 3 aromatic carbocycles. The molecule has 1 amide bonds. The Hall–Kier alpha value is -4.54. The first-order valence-electron chi connectivity index (χ1n) is 13.8. The third-order valence-electron chi connectivity index (χ3n) is 7.31. The second-order valence-corrected chi connectivity index (χ2v) is 11.8. The van der Waals surface area contributed by atoms with Crippen molar-refractivity contribution >= 4 is 58.1 Å². The predicted octanol–water partition coefficient (Wildman–Crippen LogP) is 4.65. The van der Waals surface area contributed by atoms with Gasteiger partial charge in [-0.25, -0.2) is 9.79 Å². The summed E-state index contributed by atoms with van der Waals surface area (Å²) in [5.41, 5.74) is 3.13. The largest absolute Gasteiger partial charge is 0.463 e. The summed E-state index contributed by atoms with van der Waals surface area (Å²) < 4.78 is 7.43. The van der Waals surface area contributed by atoms with E-state index in [0.29, 0.717) is 26.4 Å². The number of thioether (sulfide) groups is 1. The molecule has 0 fully saturated rings. The van der Waals surface area contributed by atoms with E-state index >= 15 is 0 Å². The number of hydrogen-bond donors (Lipinski definition) is 0. The number of amides is 1. The maximum absolute atomic E-state index is 14.2. The van der Waals surface area contributed by atoms with E-state index in [9.17, 15) is 14.4 Å². The van der Waals surface area contributed by atoms with Crippen molar-refractivity contribution < 1.29 is 14.3 Å². The number of fused-ring (bicyclic) bond motifs is 1. The van der Waals surface area contributed by atoms with E-state index in [-0.39, 0.29) is 23.6 Å². The molecule has 2 aliphatic heterocycles. The Morgan fingerprint density at radius 2 is 1.67 bits per heavy atom. The molecule has 3 heterocycles. The van der Waals surface area contributed by atoms with Gasteiger partial charge in [-0.15, -0.1) is 11.8 Å². The van der Waals surface area contributed by atoms with E-state index in [2.05, 4.69) is 5.10 Å². The van der Waals surface area contributed by atoms with Crippen molar-refractivity contribution in [3.8, 4) is 0 Å². The lowest BCUT2D eigenvalue weighted by Gasteiger charge is -2.26. The van der Waals surface area contributed by atoms with Gasteiger partial charge >= 0.3 is 5.97 Å². The van der Waals surface area contributed by atoms with Crippen LogP contribution in [0.1, 0.15) is 31.0 Å². The minimum absolute atomic E-state index is 0.174. The van der Waals surface area contributed by atoms with Crippen molar-refractivity contribution in [2.24, 2.45) is 16.0 Å². The fourth-order valence-corrected chi connectivity index (χ4v) is 6.65. The van der Waals surface area contributed by atoms with Gasteiger partial charge in [0, 0.05) is 10.5 Å². The van der Waals surface area contributed by atoms with E-state index in [1.54, 1.807) is 36.3 Å². The minimum atomic E-state index is -0.779. The first kappa shape index (κ1) is 28.6. The smallest absolute Gasteiger partial charge is 0.338 e. The summed E-state index contributed by atoms with van der Waals surface area (Å²) >= 11 is 2.80. The summed E-state index contributed by atoms with van der Waals surface area (Å²) in [7, 11) is 0. The van der Waals surface area contributed by atoms with Gasteiger partial charge in [0.15, 0.2) is 4.80 Å². The molecule has 10 heteroatoms. The van der Waals surface area contributed by atoms with Crippen LogP contribution in [0.4, 0.5) is 5.69 Å². The lowest BCUT2D eigenvalue weighted by atomic mass is 9.93. The maximum atomic E-state index is 14.2. The molecule has 216 valence electrons. The zero-order chi connectivity index (χ0) is 30.1. The molecular weight excluding hydrogens is 581 g/mol. The highest BCUT2D eigenvalue weighted by molar-refractivity contribution is 7.98. The molecule has 2 atom stereocenters. The van der Waals surface area contributed by atoms with Crippen molar-refractivity contribution in [1.82, 2.24) is 4.57 Å². The SMILES string of the molecule is CCOC(=O)C1=C(c2ccccc2)N=c2s/c(=C/[C@@H]3C(=O)N(c4ccccc4)N=C3C)c(=O)n2[C@@H]1c1ccc(SC)cc1. The Balaban J connectivity index is 1.55. The standard InChI is InChI=1S/C33H28N4O4S2/c1-4-41-32(40)27-28(21-11-7-5-8-12-21)34-33-36(29(27)22-15-17-24(42-3)18-16-22)31(39)26(43-33)19-25-20(2)35-37(30(25)38)23-13-9-6-10-14-23/h5-19,25,29H,4H2,1-3H3/b26-19+/t25-,29+/m0/s1. The number of thiazole rings is 1. The van der Waals surface area contributed by atoms with Crippen LogP contribution in [0.2, 0.25) is 0 Å². The van der Waals surface area contributed by atoms with E-state index < -0.39 is 17.9 Å². The van der Waals surface area contributed by atoms with Gasteiger partial charge in [0.25, 0.3) is 11.5 Å². The second-order valence-electron chi connectivity index (χ2n) is 9.93. The molecule has 0 N–H and O–H groups in total. The van der Waals surface area contributed by atoms with Crippen LogP contribution in [0.15, 0.2) is 110 Å². The molecule has 0 radical (unpaired) electrons. The molecular formula is C33H28N4O4S2. The van der Waals surface area contributed by atoms with Crippen molar-refractivity contribution in [1.29, 1.82) is 0 Å². The normalized spacial score (nSPS) is 18.4. The quantitative estimate of drug-likeness (QED) is 0.225. The molecule has 0 unspecified atom stereocenters. The third-order valence-corrected chi connectivity index (χ3v) is 9.05. The molecule has 0 bridgehead atoms. The molecule has 0 spiro atoms. The number of ether oxygens (including phenoxy) is 1. The highest BCUT2D eigenvalue weighted by Gasteiger charge is 2.36. The number of hydrazone groups is 1. The number of esters is 1. The van der Waals surface area contributed by atoms with Gasteiger partial charge in [-0.2, -0.15) is 10.1 Å².